The maximum Gasteiger partial charge on any atom is 0.416 e. The second-order valence-corrected chi connectivity index (χ2v) is 6.67. The van der Waals surface area contributed by atoms with Crippen molar-refractivity contribution in [2.24, 2.45) is 5.92 Å². The van der Waals surface area contributed by atoms with E-state index in [4.69, 9.17) is 4.74 Å². The molecule has 146 valence electrons. The lowest BCUT2D eigenvalue weighted by atomic mass is 9.81. The van der Waals surface area contributed by atoms with Crippen LogP contribution in [0.2, 0.25) is 0 Å². The van der Waals surface area contributed by atoms with Gasteiger partial charge in [0.25, 0.3) is 0 Å². The van der Waals surface area contributed by atoms with Crippen molar-refractivity contribution in [3.8, 4) is 11.5 Å². The summed E-state index contributed by atoms with van der Waals surface area (Å²) in [5, 5.41) is 11.3. The molecule has 0 amide bonds. The number of halogens is 3. The average molecular weight is 388 g/mol. The van der Waals surface area contributed by atoms with E-state index in [1.807, 2.05) is 13.8 Å². The molecule has 1 atom stereocenters. The Labute approximate surface area is 160 Å². The fourth-order valence-electron chi connectivity index (χ4n) is 2.88. The molecule has 1 N–H and O–H groups in total. The molecule has 0 spiro atoms. The molecule has 0 fully saturated rings. The monoisotopic (exact) mass is 388 g/mol. The van der Waals surface area contributed by atoms with Gasteiger partial charge in [-0.25, -0.2) is 0 Å². The molecule has 0 aliphatic heterocycles. The topological polar surface area (TPSA) is 55.2 Å². The fraction of sp³-hybridized carbons (Fsp3) is 0.238. The van der Waals surface area contributed by atoms with Gasteiger partial charge in [0.1, 0.15) is 17.1 Å². The largest absolute Gasteiger partial charge is 0.456 e. The Hall–Kier alpha value is -2.93. The van der Waals surface area contributed by atoms with E-state index >= 15 is 0 Å². The number of hydrogen-bond acceptors (Lipinski definition) is 4. The standard InChI is InChI=1S/C21H19F3N2O2/c1-14(2)20(27,16-4-3-11-25-12-16)19-10-9-18(13-26-19)28-17-7-5-15(6-8-17)21(22,23)24/h3-14,27H,1-2H3. The quantitative estimate of drug-likeness (QED) is 0.654. The predicted octanol–water partition coefficient (Wildman–Crippen LogP) is 5.18. The van der Waals surface area contributed by atoms with E-state index in [0.29, 0.717) is 17.0 Å². The highest BCUT2D eigenvalue weighted by Gasteiger charge is 2.37. The summed E-state index contributed by atoms with van der Waals surface area (Å²) in [6.07, 6.45) is 0.249. The van der Waals surface area contributed by atoms with Crippen LogP contribution in [0.5, 0.6) is 11.5 Å². The maximum absolute atomic E-state index is 12.6. The lowest BCUT2D eigenvalue weighted by Crippen LogP contribution is -2.34. The Balaban J connectivity index is 1.83. The van der Waals surface area contributed by atoms with Crippen molar-refractivity contribution >= 4 is 0 Å². The number of aromatic nitrogens is 2. The van der Waals surface area contributed by atoms with Crippen LogP contribution in [0, 0.1) is 5.92 Å². The molecule has 0 bridgehead atoms. The molecular weight excluding hydrogens is 369 g/mol. The van der Waals surface area contributed by atoms with Crippen LogP contribution in [0.15, 0.2) is 67.1 Å². The summed E-state index contributed by atoms with van der Waals surface area (Å²) >= 11 is 0. The van der Waals surface area contributed by atoms with Crippen molar-refractivity contribution < 1.29 is 23.0 Å². The number of alkyl halides is 3. The van der Waals surface area contributed by atoms with Crippen LogP contribution in [0.3, 0.4) is 0 Å². The van der Waals surface area contributed by atoms with Gasteiger partial charge in [0.15, 0.2) is 0 Å². The first kappa shape index (κ1) is 19.8. The molecule has 3 aromatic rings. The second kappa shape index (κ2) is 7.59. The maximum atomic E-state index is 12.6. The lowest BCUT2D eigenvalue weighted by Gasteiger charge is -2.32. The summed E-state index contributed by atoms with van der Waals surface area (Å²) in [6.45, 7) is 3.75. The van der Waals surface area contributed by atoms with E-state index in [9.17, 15) is 18.3 Å². The number of pyridine rings is 2. The first-order valence-electron chi connectivity index (χ1n) is 8.66. The highest BCUT2D eigenvalue weighted by atomic mass is 19.4. The highest BCUT2D eigenvalue weighted by molar-refractivity contribution is 5.36. The number of rotatable bonds is 5. The number of hydrogen-bond donors (Lipinski definition) is 1. The van der Waals surface area contributed by atoms with E-state index in [1.165, 1.54) is 18.3 Å². The van der Waals surface area contributed by atoms with Crippen molar-refractivity contribution in [1.29, 1.82) is 0 Å². The normalized spacial score (nSPS) is 14.0. The Morgan fingerprint density at radius 3 is 2.07 bits per heavy atom. The van der Waals surface area contributed by atoms with Gasteiger partial charge in [-0.3, -0.25) is 9.97 Å². The Morgan fingerprint density at radius 1 is 0.893 bits per heavy atom. The first-order valence-corrected chi connectivity index (χ1v) is 8.66. The third-order valence-corrected chi connectivity index (χ3v) is 4.48. The van der Waals surface area contributed by atoms with Crippen molar-refractivity contribution in [3.05, 3.63) is 83.9 Å². The van der Waals surface area contributed by atoms with Gasteiger partial charge < -0.3 is 9.84 Å². The minimum Gasteiger partial charge on any atom is -0.456 e. The predicted molar refractivity (Wildman–Crippen MR) is 97.8 cm³/mol. The number of benzene rings is 1. The van der Waals surface area contributed by atoms with E-state index < -0.39 is 17.3 Å². The summed E-state index contributed by atoms with van der Waals surface area (Å²) in [4.78, 5) is 8.38. The molecule has 2 heterocycles. The zero-order valence-electron chi connectivity index (χ0n) is 15.3. The second-order valence-electron chi connectivity index (χ2n) is 6.67. The summed E-state index contributed by atoms with van der Waals surface area (Å²) in [5.41, 5.74) is -1.03. The molecule has 1 unspecified atom stereocenters. The smallest absolute Gasteiger partial charge is 0.416 e. The molecule has 0 aliphatic rings. The first-order chi connectivity index (χ1) is 13.2. The van der Waals surface area contributed by atoms with Crippen LogP contribution in [0.1, 0.15) is 30.7 Å². The summed E-state index contributed by atoms with van der Waals surface area (Å²) in [6, 6.07) is 11.2. The van der Waals surface area contributed by atoms with Gasteiger partial charge in [-0.1, -0.05) is 19.9 Å². The minimum absolute atomic E-state index is 0.175. The average Bonchev–Trinajstić information content (AvgIpc) is 2.68. The third-order valence-electron chi connectivity index (χ3n) is 4.48. The molecule has 0 radical (unpaired) electrons. The summed E-state index contributed by atoms with van der Waals surface area (Å²) in [5.74, 6) is 0.431. The summed E-state index contributed by atoms with van der Waals surface area (Å²) < 4.78 is 43.4. The van der Waals surface area contributed by atoms with E-state index in [2.05, 4.69) is 9.97 Å². The molecule has 0 saturated carbocycles. The van der Waals surface area contributed by atoms with Crippen molar-refractivity contribution in [3.63, 3.8) is 0 Å². The van der Waals surface area contributed by atoms with Gasteiger partial charge in [0.05, 0.1) is 17.5 Å². The van der Waals surface area contributed by atoms with Crippen LogP contribution in [-0.2, 0) is 11.8 Å². The van der Waals surface area contributed by atoms with Gasteiger partial charge in [-0.05, 0) is 48.4 Å². The van der Waals surface area contributed by atoms with Crippen LogP contribution in [0.25, 0.3) is 0 Å². The van der Waals surface area contributed by atoms with Gasteiger partial charge in [-0.15, -0.1) is 0 Å². The van der Waals surface area contributed by atoms with Crippen LogP contribution >= 0.6 is 0 Å². The molecule has 0 aliphatic carbocycles. The van der Waals surface area contributed by atoms with Crippen molar-refractivity contribution in [1.82, 2.24) is 9.97 Å². The lowest BCUT2D eigenvalue weighted by molar-refractivity contribution is -0.137. The number of nitrogens with zero attached hydrogens (tertiary/aromatic N) is 2. The van der Waals surface area contributed by atoms with Crippen LogP contribution in [-0.4, -0.2) is 15.1 Å². The Bertz CT molecular complexity index is 911. The minimum atomic E-state index is -4.39. The molecule has 4 nitrogen and oxygen atoms in total. The zero-order chi connectivity index (χ0) is 20.4. The van der Waals surface area contributed by atoms with Crippen LogP contribution < -0.4 is 4.74 Å². The third kappa shape index (κ3) is 3.99. The molecule has 7 heteroatoms. The highest BCUT2D eigenvalue weighted by Crippen LogP contribution is 2.36. The molecule has 0 saturated heterocycles. The molecule has 3 rings (SSSR count). The SMILES string of the molecule is CC(C)C(O)(c1cccnc1)c1ccc(Oc2ccc(C(F)(F)F)cc2)cn1. The zero-order valence-corrected chi connectivity index (χ0v) is 15.3. The van der Waals surface area contributed by atoms with Gasteiger partial charge >= 0.3 is 6.18 Å². The van der Waals surface area contributed by atoms with Crippen molar-refractivity contribution in [2.45, 2.75) is 25.6 Å². The van der Waals surface area contributed by atoms with Gasteiger partial charge in [0.2, 0.25) is 0 Å². The van der Waals surface area contributed by atoms with E-state index in [0.717, 1.165) is 12.1 Å². The van der Waals surface area contributed by atoms with E-state index in [-0.39, 0.29) is 11.7 Å². The summed E-state index contributed by atoms with van der Waals surface area (Å²) in [7, 11) is 0. The number of ether oxygens (including phenoxy) is 1. The van der Waals surface area contributed by atoms with E-state index in [1.54, 1.807) is 36.7 Å². The van der Waals surface area contributed by atoms with Crippen molar-refractivity contribution in [2.75, 3.05) is 0 Å². The Kier molecular flexibility index (Phi) is 5.38. The fourth-order valence-corrected chi connectivity index (χ4v) is 2.88. The van der Waals surface area contributed by atoms with Gasteiger partial charge in [0, 0.05) is 18.0 Å². The van der Waals surface area contributed by atoms with Crippen LogP contribution in [0.4, 0.5) is 13.2 Å². The van der Waals surface area contributed by atoms with Gasteiger partial charge in [-0.2, -0.15) is 13.2 Å². The molecular formula is C21H19F3N2O2. The number of aliphatic hydroxyl groups is 1. The molecule has 2 aromatic heterocycles. The Morgan fingerprint density at radius 2 is 1.57 bits per heavy atom. The molecule has 28 heavy (non-hydrogen) atoms. The molecule has 1 aromatic carbocycles.